The van der Waals surface area contributed by atoms with E-state index in [1.807, 2.05) is 17.4 Å². The molecule has 224 valence electrons. The molecule has 4 aromatic heterocycles. The van der Waals surface area contributed by atoms with Crippen LogP contribution in [-0.4, -0.2) is 15.0 Å². The van der Waals surface area contributed by atoms with E-state index < -0.39 is 0 Å². The zero-order valence-electron chi connectivity index (χ0n) is 25.6. The molecule has 10 aromatic rings. The zero-order chi connectivity index (χ0) is 31.6. The minimum Gasteiger partial charge on any atom is -0.246 e. The SMILES string of the molecule is c1ccc(-c2cc(-c3ccc(-c4nc5ccccc5c5c4sc4ccccc45)cc3)nc(-c3cccc4c3sc3ccccc34)n2)cc1. The number of rotatable bonds is 4. The lowest BCUT2D eigenvalue weighted by Crippen LogP contribution is -1.96. The predicted molar refractivity (Wildman–Crippen MR) is 205 cm³/mol. The number of hydrogen-bond acceptors (Lipinski definition) is 5. The lowest BCUT2D eigenvalue weighted by Gasteiger charge is -2.11. The standard InChI is InChI=1S/C43H25N3S2/c1-2-11-26(12-3-1)35-25-36(46-43(45-35)33-17-10-16-30-29-13-5-8-19-37(29)47-41(30)33)27-21-23-28(24-22-27)40-42-39(31-14-4-7-18-34(31)44-40)32-15-6-9-20-38(32)48-42/h1-25H. The first-order valence-corrected chi connectivity index (χ1v) is 17.6. The number of benzene rings is 6. The molecule has 10 rings (SSSR count). The number of pyridine rings is 1. The van der Waals surface area contributed by atoms with Gasteiger partial charge in [-0.2, -0.15) is 0 Å². The molecule has 5 heteroatoms. The van der Waals surface area contributed by atoms with E-state index in [4.69, 9.17) is 15.0 Å². The van der Waals surface area contributed by atoms with Crippen molar-refractivity contribution in [2.45, 2.75) is 0 Å². The molecule has 3 nitrogen and oxygen atoms in total. The molecule has 0 saturated heterocycles. The van der Waals surface area contributed by atoms with E-state index in [-0.39, 0.29) is 0 Å². The molecule has 0 saturated carbocycles. The van der Waals surface area contributed by atoms with Crippen LogP contribution in [0.2, 0.25) is 0 Å². The molecule has 0 radical (unpaired) electrons. The highest BCUT2D eigenvalue weighted by Crippen LogP contribution is 2.43. The third kappa shape index (κ3) is 4.36. The van der Waals surface area contributed by atoms with Gasteiger partial charge in [-0.3, -0.25) is 0 Å². The number of aromatic nitrogens is 3. The summed E-state index contributed by atoms with van der Waals surface area (Å²) in [7, 11) is 0. The highest BCUT2D eigenvalue weighted by atomic mass is 32.1. The Morgan fingerprint density at radius 2 is 0.979 bits per heavy atom. The number of para-hydroxylation sites is 1. The molecule has 0 bridgehead atoms. The summed E-state index contributed by atoms with van der Waals surface area (Å²) in [6.07, 6.45) is 0. The van der Waals surface area contributed by atoms with Crippen LogP contribution in [0.15, 0.2) is 152 Å². The molecule has 48 heavy (non-hydrogen) atoms. The fourth-order valence-electron chi connectivity index (χ4n) is 6.82. The van der Waals surface area contributed by atoms with Gasteiger partial charge in [0.2, 0.25) is 0 Å². The van der Waals surface area contributed by atoms with E-state index in [1.54, 1.807) is 11.3 Å². The first-order chi connectivity index (χ1) is 23.8. The topological polar surface area (TPSA) is 38.7 Å². The maximum atomic E-state index is 5.22. The summed E-state index contributed by atoms with van der Waals surface area (Å²) in [4.78, 5) is 15.6. The molecule has 0 N–H and O–H groups in total. The Morgan fingerprint density at radius 3 is 1.77 bits per heavy atom. The highest BCUT2D eigenvalue weighted by molar-refractivity contribution is 7.26. The Kier molecular flexibility index (Phi) is 6.22. The summed E-state index contributed by atoms with van der Waals surface area (Å²) >= 11 is 3.62. The average Bonchev–Trinajstić information content (AvgIpc) is 3.74. The molecule has 0 amide bonds. The lowest BCUT2D eigenvalue weighted by atomic mass is 10.0. The van der Waals surface area contributed by atoms with Gasteiger partial charge in [0.1, 0.15) is 0 Å². The van der Waals surface area contributed by atoms with Crippen LogP contribution in [0.5, 0.6) is 0 Å². The van der Waals surface area contributed by atoms with Crippen LogP contribution >= 0.6 is 22.7 Å². The molecule has 4 heterocycles. The maximum absolute atomic E-state index is 5.22. The minimum absolute atomic E-state index is 0.732. The smallest absolute Gasteiger partial charge is 0.161 e. The van der Waals surface area contributed by atoms with Crippen molar-refractivity contribution in [3.63, 3.8) is 0 Å². The normalized spacial score (nSPS) is 11.8. The van der Waals surface area contributed by atoms with Gasteiger partial charge in [0.25, 0.3) is 0 Å². The number of nitrogens with zero attached hydrogens (tertiary/aromatic N) is 3. The molecule has 0 atom stereocenters. The number of fused-ring (bicyclic) bond motifs is 8. The summed E-state index contributed by atoms with van der Waals surface area (Å²) < 4.78 is 4.97. The van der Waals surface area contributed by atoms with E-state index in [1.165, 1.54) is 45.7 Å². The zero-order valence-corrected chi connectivity index (χ0v) is 27.2. The van der Waals surface area contributed by atoms with Crippen LogP contribution in [0, 0.1) is 0 Å². The van der Waals surface area contributed by atoms with E-state index in [9.17, 15) is 0 Å². The van der Waals surface area contributed by atoms with Gasteiger partial charge in [0.05, 0.1) is 27.3 Å². The quantitative estimate of drug-likeness (QED) is 0.191. The maximum Gasteiger partial charge on any atom is 0.161 e. The number of thiophene rings is 2. The summed E-state index contributed by atoms with van der Waals surface area (Å²) in [5.74, 6) is 0.732. The Hall–Kier alpha value is -5.75. The van der Waals surface area contributed by atoms with Crippen molar-refractivity contribution in [2.75, 3.05) is 0 Å². The monoisotopic (exact) mass is 647 g/mol. The van der Waals surface area contributed by atoms with Crippen molar-refractivity contribution in [1.82, 2.24) is 15.0 Å². The summed E-state index contributed by atoms with van der Waals surface area (Å²) in [6.45, 7) is 0. The second-order valence-electron chi connectivity index (χ2n) is 12.0. The molecule has 0 aliphatic carbocycles. The predicted octanol–water partition coefficient (Wildman–Crippen LogP) is 12.4. The van der Waals surface area contributed by atoms with Gasteiger partial charge >= 0.3 is 0 Å². The van der Waals surface area contributed by atoms with Crippen molar-refractivity contribution in [1.29, 1.82) is 0 Å². The second kappa shape index (κ2) is 10.9. The molecule has 6 aromatic carbocycles. The summed E-state index contributed by atoms with van der Waals surface area (Å²) in [5, 5.41) is 6.27. The van der Waals surface area contributed by atoms with E-state index in [0.29, 0.717) is 0 Å². The molecular weight excluding hydrogens is 623 g/mol. The van der Waals surface area contributed by atoms with Crippen LogP contribution in [0.3, 0.4) is 0 Å². The van der Waals surface area contributed by atoms with Crippen LogP contribution in [0.25, 0.3) is 96.4 Å². The van der Waals surface area contributed by atoms with Crippen LogP contribution in [0.4, 0.5) is 0 Å². The third-order valence-electron chi connectivity index (χ3n) is 9.11. The number of hydrogen-bond donors (Lipinski definition) is 0. The Labute approximate surface area is 284 Å². The fourth-order valence-corrected chi connectivity index (χ4v) is 9.26. The van der Waals surface area contributed by atoms with Crippen LogP contribution in [-0.2, 0) is 0 Å². The molecule has 0 aliphatic heterocycles. The first-order valence-electron chi connectivity index (χ1n) is 15.9. The minimum atomic E-state index is 0.732. The van der Waals surface area contributed by atoms with Crippen molar-refractivity contribution >= 4 is 73.9 Å². The fraction of sp³-hybridized carbons (Fsp3) is 0. The molecule has 0 unspecified atom stereocenters. The van der Waals surface area contributed by atoms with Crippen molar-refractivity contribution in [2.24, 2.45) is 0 Å². The summed E-state index contributed by atoms with van der Waals surface area (Å²) in [6, 6.07) is 53.4. The Balaban J connectivity index is 1.14. The van der Waals surface area contributed by atoms with Gasteiger partial charge < -0.3 is 0 Å². The molecule has 0 spiro atoms. The van der Waals surface area contributed by atoms with Gasteiger partial charge in [-0.25, -0.2) is 15.0 Å². The molecule has 0 fully saturated rings. The largest absolute Gasteiger partial charge is 0.246 e. The van der Waals surface area contributed by atoms with Gasteiger partial charge in [0.15, 0.2) is 5.82 Å². The molecule has 0 aliphatic rings. The molecular formula is C43H25N3S2. The highest BCUT2D eigenvalue weighted by Gasteiger charge is 2.18. The van der Waals surface area contributed by atoms with Gasteiger partial charge in [-0.1, -0.05) is 121 Å². The third-order valence-corrected chi connectivity index (χ3v) is 11.5. The van der Waals surface area contributed by atoms with Gasteiger partial charge in [0, 0.05) is 63.3 Å². The Bertz CT molecular complexity index is 2830. The van der Waals surface area contributed by atoms with Crippen LogP contribution in [0.1, 0.15) is 0 Å². The summed E-state index contributed by atoms with van der Waals surface area (Å²) in [5.41, 5.74) is 8.07. The van der Waals surface area contributed by atoms with E-state index in [0.717, 1.165) is 50.7 Å². The lowest BCUT2D eigenvalue weighted by molar-refractivity contribution is 1.19. The van der Waals surface area contributed by atoms with Gasteiger partial charge in [-0.05, 0) is 30.3 Å². The van der Waals surface area contributed by atoms with E-state index >= 15 is 0 Å². The average molecular weight is 648 g/mol. The first kappa shape index (κ1) is 27.4. The van der Waals surface area contributed by atoms with Gasteiger partial charge in [-0.15, -0.1) is 22.7 Å². The van der Waals surface area contributed by atoms with Crippen LogP contribution < -0.4 is 0 Å². The van der Waals surface area contributed by atoms with Crippen molar-refractivity contribution < 1.29 is 0 Å². The second-order valence-corrected chi connectivity index (χ2v) is 14.1. The van der Waals surface area contributed by atoms with Crippen molar-refractivity contribution in [3.05, 3.63) is 152 Å². The van der Waals surface area contributed by atoms with Crippen molar-refractivity contribution in [3.8, 4) is 45.2 Å². The Morgan fingerprint density at radius 1 is 0.396 bits per heavy atom. The van der Waals surface area contributed by atoms with E-state index in [2.05, 4.69) is 146 Å².